The Morgan fingerprint density at radius 3 is 2.81 bits per heavy atom. The molecule has 1 aromatic heterocycles. The fraction of sp³-hybridized carbons (Fsp3) is 0.412. The van der Waals surface area contributed by atoms with Gasteiger partial charge in [0.25, 0.3) is 11.8 Å². The summed E-state index contributed by atoms with van der Waals surface area (Å²) in [5.41, 5.74) is 5.16. The molecule has 3 heterocycles. The van der Waals surface area contributed by atoms with Crippen molar-refractivity contribution >= 4 is 57.9 Å². The molecule has 3 unspecified atom stereocenters. The summed E-state index contributed by atoms with van der Waals surface area (Å²) in [5, 5.41) is 15.7. The number of fused-ring (bicyclic) bond motifs is 1. The number of amides is 2. The van der Waals surface area contributed by atoms with E-state index in [1.807, 2.05) is 0 Å². The van der Waals surface area contributed by atoms with Crippen molar-refractivity contribution in [1.29, 1.82) is 0 Å². The van der Waals surface area contributed by atoms with Gasteiger partial charge in [0.2, 0.25) is 6.29 Å². The predicted octanol–water partition coefficient (Wildman–Crippen LogP) is 0.250. The number of esters is 1. The molecular weight excluding hydrogens is 466 g/mol. The summed E-state index contributed by atoms with van der Waals surface area (Å²) in [6, 6.07) is -0.968. The van der Waals surface area contributed by atoms with E-state index in [4.69, 9.17) is 15.2 Å². The molecule has 0 bridgehead atoms. The monoisotopic (exact) mass is 485 g/mol. The Hall–Kier alpha value is -3.33. The second kappa shape index (κ2) is 9.86. The maximum atomic E-state index is 12.7. The SMILES string of the molecule is CCOC(=O)OC(C)OC(=O)C1=CCSC2C(NC(=O)/C(=N/O)c3csc(N)n3)C(=O)N12. The van der Waals surface area contributed by atoms with Crippen LogP contribution in [0.4, 0.5) is 9.93 Å². The quantitative estimate of drug-likeness (QED) is 0.120. The number of hydrogen-bond donors (Lipinski definition) is 3. The van der Waals surface area contributed by atoms with Crippen molar-refractivity contribution in [3.8, 4) is 0 Å². The Morgan fingerprint density at radius 2 is 2.19 bits per heavy atom. The molecule has 2 amide bonds. The number of carbonyl (C=O) groups excluding carboxylic acids is 4. The maximum Gasteiger partial charge on any atom is 0.511 e. The molecule has 0 radical (unpaired) electrons. The lowest BCUT2D eigenvalue weighted by molar-refractivity contribution is -0.168. The van der Waals surface area contributed by atoms with Gasteiger partial charge in [0.05, 0.1) is 6.61 Å². The molecule has 1 aromatic rings. The van der Waals surface area contributed by atoms with Crippen LogP contribution in [0.5, 0.6) is 0 Å². The molecule has 0 spiro atoms. The van der Waals surface area contributed by atoms with E-state index in [0.717, 1.165) is 11.3 Å². The number of nitrogens with two attached hydrogens (primary N) is 1. The van der Waals surface area contributed by atoms with Crippen LogP contribution >= 0.6 is 23.1 Å². The first-order valence-electron chi connectivity index (χ1n) is 9.20. The lowest BCUT2D eigenvalue weighted by atomic mass is 10.0. The normalized spacial score (nSPS) is 20.9. The van der Waals surface area contributed by atoms with Crippen molar-refractivity contribution in [2.24, 2.45) is 5.16 Å². The van der Waals surface area contributed by atoms with Gasteiger partial charge in [-0.1, -0.05) is 5.16 Å². The van der Waals surface area contributed by atoms with Gasteiger partial charge in [-0.15, -0.1) is 23.1 Å². The number of β-lactam (4-membered cyclic amide) rings is 1. The number of aromatic nitrogens is 1. The second-order valence-corrected chi connectivity index (χ2v) is 8.31. The van der Waals surface area contributed by atoms with Gasteiger partial charge in [-0.05, 0) is 13.0 Å². The minimum atomic E-state index is -1.24. The number of carbonyl (C=O) groups is 4. The first-order valence-corrected chi connectivity index (χ1v) is 11.1. The van der Waals surface area contributed by atoms with Gasteiger partial charge in [-0.3, -0.25) is 14.5 Å². The third-order valence-electron chi connectivity index (χ3n) is 4.22. The van der Waals surface area contributed by atoms with Crippen molar-refractivity contribution in [2.75, 3.05) is 18.1 Å². The Balaban J connectivity index is 1.62. The van der Waals surface area contributed by atoms with Crippen molar-refractivity contribution in [1.82, 2.24) is 15.2 Å². The van der Waals surface area contributed by atoms with Crippen LogP contribution in [0.15, 0.2) is 22.3 Å². The zero-order chi connectivity index (χ0) is 23.4. The number of ether oxygens (including phenoxy) is 3. The van der Waals surface area contributed by atoms with E-state index >= 15 is 0 Å². The smallest absolute Gasteiger partial charge is 0.435 e. The number of nitrogen functional groups attached to an aromatic ring is 1. The van der Waals surface area contributed by atoms with Crippen LogP contribution in [0, 0.1) is 0 Å². The van der Waals surface area contributed by atoms with Crippen LogP contribution < -0.4 is 11.1 Å². The minimum Gasteiger partial charge on any atom is -0.435 e. The second-order valence-electron chi connectivity index (χ2n) is 6.27. The molecule has 1 saturated heterocycles. The topological polar surface area (TPSA) is 183 Å². The number of nitrogens with zero attached hydrogens (tertiary/aromatic N) is 3. The van der Waals surface area contributed by atoms with E-state index in [0.29, 0.717) is 5.75 Å². The van der Waals surface area contributed by atoms with Crippen molar-refractivity contribution in [2.45, 2.75) is 31.6 Å². The lowest BCUT2D eigenvalue weighted by Crippen LogP contribution is -2.70. The number of hydrogen-bond acceptors (Lipinski definition) is 13. The number of thioether (sulfide) groups is 1. The summed E-state index contributed by atoms with van der Waals surface area (Å²) in [6.45, 7) is 3.01. The van der Waals surface area contributed by atoms with Gasteiger partial charge < -0.3 is 30.5 Å². The fourth-order valence-corrected chi connectivity index (χ4v) is 4.61. The molecule has 0 saturated carbocycles. The van der Waals surface area contributed by atoms with E-state index in [2.05, 4.69) is 20.2 Å². The minimum absolute atomic E-state index is 0.0353. The lowest BCUT2D eigenvalue weighted by Gasteiger charge is -2.48. The molecule has 1 fully saturated rings. The van der Waals surface area contributed by atoms with Gasteiger partial charge in [-0.2, -0.15) is 0 Å². The largest absolute Gasteiger partial charge is 0.511 e. The number of rotatable bonds is 7. The number of anilines is 1. The maximum absolute atomic E-state index is 12.7. The molecule has 4 N–H and O–H groups in total. The first-order chi connectivity index (χ1) is 15.3. The highest BCUT2D eigenvalue weighted by molar-refractivity contribution is 8.00. The van der Waals surface area contributed by atoms with Crippen LogP contribution in [-0.2, 0) is 28.6 Å². The van der Waals surface area contributed by atoms with E-state index in [9.17, 15) is 24.4 Å². The highest BCUT2D eigenvalue weighted by Gasteiger charge is 2.53. The zero-order valence-corrected chi connectivity index (χ0v) is 18.5. The van der Waals surface area contributed by atoms with E-state index in [-0.39, 0.29) is 23.1 Å². The molecule has 2 aliphatic heterocycles. The third-order valence-corrected chi connectivity index (χ3v) is 6.08. The van der Waals surface area contributed by atoms with Gasteiger partial charge in [-0.25, -0.2) is 14.6 Å². The first kappa shape index (κ1) is 23.3. The van der Waals surface area contributed by atoms with E-state index < -0.39 is 47.4 Å². The van der Waals surface area contributed by atoms with Crippen molar-refractivity contribution in [3.05, 3.63) is 22.8 Å². The van der Waals surface area contributed by atoms with Gasteiger partial charge in [0, 0.05) is 18.1 Å². The standard InChI is InChI=1S/C17H19N5O8S2/c1-3-28-17(26)30-7(2)29-15(25)9-4-5-31-14-11(13(24)22(9)14)20-12(23)10(21-27)8-6-32-16(18)19-8/h4,6-7,11,14,27H,3,5H2,1-2H3,(H2,18,19)(H,20,23)/b21-10+. The molecule has 3 rings (SSSR count). The average Bonchev–Trinajstić information content (AvgIpc) is 3.17. The van der Waals surface area contributed by atoms with Crippen LogP contribution in [0.3, 0.4) is 0 Å². The summed E-state index contributed by atoms with van der Waals surface area (Å²) < 4.78 is 14.4. The summed E-state index contributed by atoms with van der Waals surface area (Å²) in [5.74, 6) is -1.90. The fourth-order valence-electron chi connectivity index (χ4n) is 2.87. The van der Waals surface area contributed by atoms with Crippen LogP contribution in [0.25, 0.3) is 0 Å². The zero-order valence-electron chi connectivity index (χ0n) is 16.8. The van der Waals surface area contributed by atoms with Gasteiger partial charge >= 0.3 is 12.1 Å². The molecule has 13 nitrogen and oxygen atoms in total. The highest BCUT2D eigenvalue weighted by atomic mass is 32.2. The Bertz CT molecular complexity index is 993. The summed E-state index contributed by atoms with van der Waals surface area (Å²) in [7, 11) is 0. The molecule has 32 heavy (non-hydrogen) atoms. The molecule has 0 aromatic carbocycles. The summed E-state index contributed by atoms with van der Waals surface area (Å²) in [6.07, 6.45) is -0.740. The van der Waals surface area contributed by atoms with E-state index in [1.165, 1.54) is 35.0 Å². The average molecular weight is 486 g/mol. The number of thiazole rings is 1. The van der Waals surface area contributed by atoms with Gasteiger partial charge in [0.15, 0.2) is 10.8 Å². The predicted molar refractivity (Wildman–Crippen MR) is 112 cm³/mol. The third kappa shape index (κ3) is 4.77. The molecular formula is C17H19N5O8S2. The summed E-state index contributed by atoms with van der Waals surface area (Å²) >= 11 is 2.36. The molecule has 15 heteroatoms. The van der Waals surface area contributed by atoms with Crippen LogP contribution in [0.2, 0.25) is 0 Å². The highest BCUT2D eigenvalue weighted by Crippen LogP contribution is 2.38. The van der Waals surface area contributed by atoms with E-state index in [1.54, 1.807) is 6.92 Å². The van der Waals surface area contributed by atoms with Crippen molar-refractivity contribution < 1.29 is 38.6 Å². The number of nitrogens with one attached hydrogen (secondary N) is 1. The van der Waals surface area contributed by atoms with Gasteiger partial charge in [0.1, 0.15) is 22.8 Å². The Morgan fingerprint density at radius 1 is 1.44 bits per heavy atom. The number of oxime groups is 1. The summed E-state index contributed by atoms with van der Waals surface area (Å²) in [4.78, 5) is 54.0. The Kier molecular flexibility index (Phi) is 7.19. The molecule has 0 aliphatic carbocycles. The Labute approximate surface area is 189 Å². The van der Waals surface area contributed by atoms with Crippen LogP contribution in [0.1, 0.15) is 19.5 Å². The molecule has 3 atom stereocenters. The molecule has 2 aliphatic rings. The van der Waals surface area contributed by atoms with Crippen LogP contribution in [-0.4, -0.2) is 74.8 Å². The molecule has 172 valence electrons. The van der Waals surface area contributed by atoms with Crippen molar-refractivity contribution in [3.63, 3.8) is 0 Å².